The number of nitrogens with one attached hydrogen (secondary N) is 1. The summed E-state index contributed by atoms with van der Waals surface area (Å²) in [5, 5.41) is 3.69. The van der Waals surface area contributed by atoms with Gasteiger partial charge in [0.15, 0.2) is 5.76 Å². The molecule has 5 heteroatoms. The number of hydrogen-bond acceptors (Lipinski definition) is 4. The van der Waals surface area contributed by atoms with Gasteiger partial charge in [-0.2, -0.15) is 0 Å². The van der Waals surface area contributed by atoms with Crippen molar-refractivity contribution in [2.45, 2.75) is 13.8 Å². The van der Waals surface area contributed by atoms with Crippen molar-refractivity contribution >= 4 is 22.4 Å². The average Bonchev–Trinajstić information content (AvgIpc) is 2.91. The topological polar surface area (TPSA) is 51.5 Å². The summed E-state index contributed by atoms with van der Waals surface area (Å²) in [6, 6.07) is 11.6. The van der Waals surface area contributed by atoms with Crippen LogP contribution in [0.4, 0.5) is 10.1 Å². The van der Waals surface area contributed by atoms with Gasteiger partial charge < -0.3 is 14.5 Å². The van der Waals surface area contributed by atoms with E-state index >= 15 is 0 Å². The van der Waals surface area contributed by atoms with Crippen LogP contribution in [0.5, 0.6) is 5.75 Å². The number of ether oxygens (including phenoxy) is 1. The van der Waals surface area contributed by atoms with Gasteiger partial charge in [-0.25, -0.2) is 4.39 Å². The van der Waals surface area contributed by atoms with E-state index < -0.39 is 0 Å². The van der Waals surface area contributed by atoms with Gasteiger partial charge >= 0.3 is 0 Å². The Kier molecular flexibility index (Phi) is 4.51. The first-order chi connectivity index (χ1) is 11.6. The molecule has 0 aliphatic rings. The highest BCUT2D eigenvalue weighted by Crippen LogP contribution is 2.27. The highest BCUT2D eigenvalue weighted by Gasteiger charge is 2.18. The van der Waals surface area contributed by atoms with Crippen molar-refractivity contribution in [1.29, 1.82) is 0 Å². The highest BCUT2D eigenvalue weighted by atomic mass is 19.1. The van der Waals surface area contributed by atoms with Gasteiger partial charge in [-0.1, -0.05) is 12.1 Å². The molecule has 24 heavy (non-hydrogen) atoms. The van der Waals surface area contributed by atoms with Crippen LogP contribution in [0.2, 0.25) is 0 Å². The number of Topliss-reactive ketones (excluding diaryl/α,β-unsaturated/α-hetero) is 1. The van der Waals surface area contributed by atoms with Crippen molar-refractivity contribution in [1.82, 2.24) is 0 Å². The van der Waals surface area contributed by atoms with Gasteiger partial charge in [0.1, 0.15) is 17.1 Å². The summed E-state index contributed by atoms with van der Waals surface area (Å²) in [5.74, 6) is 0.387. The smallest absolute Gasteiger partial charge is 0.217 e. The second-order valence-electron chi connectivity index (χ2n) is 5.40. The van der Waals surface area contributed by atoms with Crippen LogP contribution in [-0.2, 0) is 0 Å². The van der Waals surface area contributed by atoms with Crippen molar-refractivity contribution in [2.75, 3.05) is 18.5 Å². The summed E-state index contributed by atoms with van der Waals surface area (Å²) >= 11 is 0. The van der Waals surface area contributed by atoms with Gasteiger partial charge in [0, 0.05) is 10.9 Å². The Hall–Kier alpha value is -2.82. The van der Waals surface area contributed by atoms with Gasteiger partial charge in [-0.05, 0) is 44.2 Å². The van der Waals surface area contributed by atoms with Crippen LogP contribution in [0.1, 0.15) is 23.0 Å². The number of ketones is 1. The first-order valence-corrected chi connectivity index (χ1v) is 7.77. The molecule has 0 atom stereocenters. The Balaban J connectivity index is 1.80. The maximum absolute atomic E-state index is 13.4. The zero-order valence-corrected chi connectivity index (χ0v) is 13.6. The van der Waals surface area contributed by atoms with Gasteiger partial charge in [0.25, 0.3) is 0 Å². The number of benzene rings is 2. The minimum atomic E-state index is -0.353. The highest BCUT2D eigenvalue weighted by molar-refractivity contribution is 6.02. The average molecular weight is 327 g/mol. The largest absolute Gasteiger partial charge is 0.492 e. The van der Waals surface area contributed by atoms with Gasteiger partial charge in [0.05, 0.1) is 18.8 Å². The quantitative estimate of drug-likeness (QED) is 0.674. The summed E-state index contributed by atoms with van der Waals surface area (Å²) in [4.78, 5) is 12.5. The molecule has 2 aromatic carbocycles. The summed E-state index contributed by atoms with van der Waals surface area (Å²) < 4.78 is 24.5. The van der Waals surface area contributed by atoms with Crippen molar-refractivity contribution in [3.05, 3.63) is 59.6 Å². The molecule has 0 amide bonds. The lowest BCUT2D eigenvalue weighted by molar-refractivity contribution is 0.0981. The minimum Gasteiger partial charge on any atom is -0.492 e. The Morgan fingerprint density at radius 3 is 2.83 bits per heavy atom. The van der Waals surface area contributed by atoms with Crippen LogP contribution in [0.3, 0.4) is 0 Å². The molecular weight excluding hydrogens is 309 g/mol. The van der Waals surface area contributed by atoms with Crippen molar-refractivity contribution in [2.24, 2.45) is 0 Å². The SMILES string of the molecule is CCOc1ccccc1NCC(=O)c1oc2ccc(F)cc2c1C. The van der Waals surface area contributed by atoms with Gasteiger partial charge in [0.2, 0.25) is 5.78 Å². The summed E-state index contributed by atoms with van der Waals surface area (Å²) in [6.45, 7) is 4.26. The zero-order valence-electron chi connectivity index (χ0n) is 13.6. The first-order valence-electron chi connectivity index (χ1n) is 7.77. The van der Waals surface area contributed by atoms with Crippen LogP contribution in [0.25, 0.3) is 11.0 Å². The minimum absolute atomic E-state index is 0.0627. The van der Waals surface area contributed by atoms with E-state index in [0.29, 0.717) is 28.9 Å². The molecule has 1 N–H and O–H groups in total. The summed E-state index contributed by atoms with van der Waals surface area (Å²) in [5.41, 5.74) is 1.90. The van der Waals surface area contributed by atoms with Crippen molar-refractivity contribution in [3.8, 4) is 5.75 Å². The molecule has 0 unspecified atom stereocenters. The van der Waals surface area contributed by atoms with Crippen molar-refractivity contribution in [3.63, 3.8) is 0 Å². The van der Waals surface area contributed by atoms with Crippen LogP contribution in [0.15, 0.2) is 46.9 Å². The predicted octanol–water partition coefficient (Wildman–Crippen LogP) is 4.57. The maximum atomic E-state index is 13.4. The Morgan fingerprint density at radius 1 is 1.25 bits per heavy atom. The molecule has 0 bridgehead atoms. The lowest BCUT2D eigenvalue weighted by atomic mass is 10.1. The standard InChI is InChI=1S/C19H18FNO3/c1-3-23-18-7-5-4-6-15(18)21-11-16(22)19-12(2)14-10-13(20)8-9-17(14)24-19/h4-10,21H,3,11H2,1-2H3. The van der Waals surface area contributed by atoms with Crippen molar-refractivity contribution < 1.29 is 18.3 Å². The van der Waals surface area contributed by atoms with E-state index in [-0.39, 0.29) is 23.9 Å². The predicted molar refractivity (Wildman–Crippen MR) is 91.3 cm³/mol. The van der Waals surface area contributed by atoms with Gasteiger partial charge in [-0.3, -0.25) is 4.79 Å². The molecule has 0 saturated carbocycles. The van der Waals surface area contributed by atoms with Crippen LogP contribution in [-0.4, -0.2) is 18.9 Å². The second-order valence-corrected chi connectivity index (χ2v) is 5.40. The molecule has 0 fully saturated rings. The maximum Gasteiger partial charge on any atom is 0.217 e. The number of fused-ring (bicyclic) bond motifs is 1. The Morgan fingerprint density at radius 2 is 2.04 bits per heavy atom. The molecular formula is C19H18FNO3. The number of carbonyl (C=O) groups excluding carboxylic acids is 1. The lowest BCUT2D eigenvalue weighted by Crippen LogP contribution is -2.14. The van der Waals surface area contributed by atoms with E-state index in [2.05, 4.69) is 5.32 Å². The third kappa shape index (κ3) is 3.11. The number of rotatable bonds is 6. The number of halogens is 1. The number of para-hydroxylation sites is 2. The molecule has 124 valence electrons. The summed E-state index contributed by atoms with van der Waals surface area (Å²) in [6.07, 6.45) is 0. The molecule has 0 saturated heterocycles. The first kappa shape index (κ1) is 16.1. The zero-order chi connectivity index (χ0) is 17.1. The third-order valence-electron chi connectivity index (χ3n) is 3.78. The fourth-order valence-electron chi connectivity index (χ4n) is 2.61. The molecule has 0 aliphatic carbocycles. The van der Waals surface area contributed by atoms with Gasteiger partial charge in [-0.15, -0.1) is 0 Å². The third-order valence-corrected chi connectivity index (χ3v) is 3.78. The van der Waals surface area contributed by atoms with E-state index in [1.807, 2.05) is 31.2 Å². The number of aryl methyl sites for hydroxylation is 1. The molecule has 1 aromatic heterocycles. The van der Waals surface area contributed by atoms with E-state index in [4.69, 9.17) is 9.15 Å². The van der Waals surface area contributed by atoms with Crippen LogP contribution in [0, 0.1) is 12.7 Å². The molecule has 4 nitrogen and oxygen atoms in total. The lowest BCUT2D eigenvalue weighted by Gasteiger charge is -2.11. The molecule has 0 spiro atoms. The van der Waals surface area contributed by atoms with E-state index in [1.54, 1.807) is 6.92 Å². The Labute approximate surface area is 139 Å². The fraction of sp³-hybridized carbons (Fsp3) is 0.211. The second kappa shape index (κ2) is 6.74. The van der Waals surface area contributed by atoms with Crippen LogP contribution >= 0.6 is 0 Å². The monoisotopic (exact) mass is 327 g/mol. The van der Waals surface area contributed by atoms with E-state index in [0.717, 1.165) is 5.69 Å². The Bertz CT molecular complexity index is 885. The molecule has 3 aromatic rings. The molecule has 3 rings (SSSR count). The normalized spacial score (nSPS) is 10.8. The number of hydrogen-bond donors (Lipinski definition) is 1. The fourth-order valence-corrected chi connectivity index (χ4v) is 2.61. The molecule has 1 heterocycles. The molecule has 0 radical (unpaired) electrons. The van der Waals surface area contributed by atoms with E-state index in [1.165, 1.54) is 18.2 Å². The molecule has 0 aliphatic heterocycles. The van der Waals surface area contributed by atoms with E-state index in [9.17, 15) is 9.18 Å². The number of anilines is 1. The number of furan rings is 1. The van der Waals surface area contributed by atoms with Crippen LogP contribution < -0.4 is 10.1 Å². The summed E-state index contributed by atoms with van der Waals surface area (Å²) in [7, 11) is 0. The number of carbonyl (C=O) groups is 1.